The van der Waals surface area contributed by atoms with E-state index in [4.69, 9.17) is 15.2 Å². The first-order chi connectivity index (χ1) is 15.2. The van der Waals surface area contributed by atoms with Crippen LogP contribution in [0.5, 0.6) is 5.75 Å². The quantitative estimate of drug-likeness (QED) is 0.448. The number of benzene rings is 3. The summed E-state index contributed by atoms with van der Waals surface area (Å²) < 4.78 is 10.6. The second-order valence-electron chi connectivity index (χ2n) is 7.45. The Morgan fingerprint density at radius 2 is 1.74 bits per heavy atom. The molecule has 3 aromatic rings. The third kappa shape index (κ3) is 4.81. The second-order valence-corrected chi connectivity index (χ2v) is 7.45. The van der Waals surface area contributed by atoms with Gasteiger partial charge in [0.25, 0.3) is 0 Å². The highest BCUT2D eigenvalue weighted by Gasteiger charge is 2.16. The molecule has 160 valence electrons. The SMILES string of the molecule is COc1ccc(C(=O)c2cccc(N)c2NCc2ccc(N3CCOCC3)cc2)cc1. The van der Waals surface area contributed by atoms with E-state index in [1.54, 1.807) is 49.6 Å². The first-order valence-electron chi connectivity index (χ1n) is 10.4. The number of para-hydroxylation sites is 1. The van der Waals surface area contributed by atoms with Gasteiger partial charge in [0.2, 0.25) is 0 Å². The molecule has 1 saturated heterocycles. The van der Waals surface area contributed by atoms with E-state index in [9.17, 15) is 4.79 Å². The lowest BCUT2D eigenvalue weighted by Gasteiger charge is -2.29. The molecule has 3 aromatic carbocycles. The van der Waals surface area contributed by atoms with Crippen LogP contribution in [0.15, 0.2) is 66.7 Å². The van der Waals surface area contributed by atoms with Gasteiger partial charge in [0.15, 0.2) is 5.78 Å². The first kappa shape index (κ1) is 20.8. The lowest BCUT2D eigenvalue weighted by atomic mass is 10.0. The van der Waals surface area contributed by atoms with E-state index in [1.165, 1.54) is 5.69 Å². The van der Waals surface area contributed by atoms with Crippen LogP contribution >= 0.6 is 0 Å². The summed E-state index contributed by atoms with van der Waals surface area (Å²) in [6.45, 7) is 3.92. The van der Waals surface area contributed by atoms with Crippen molar-refractivity contribution < 1.29 is 14.3 Å². The van der Waals surface area contributed by atoms with Crippen molar-refractivity contribution in [1.82, 2.24) is 0 Å². The van der Waals surface area contributed by atoms with Gasteiger partial charge in [-0.05, 0) is 54.1 Å². The number of ether oxygens (including phenoxy) is 2. The fourth-order valence-corrected chi connectivity index (χ4v) is 3.69. The Morgan fingerprint density at radius 1 is 1.03 bits per heavy atom. The maximum atomic E-state index is 13.1. The van der Waals surface area contributed by atoms with Crippen molar-refractivity contribution in [1.29, 1.82) is 0 Å². The first-order valence-corrected chi connectivity index (χ1v) is 10.4. The summed E-state index contributed by atoms with van der Waals surface area (Å²) in [6, 6.07) is 20.9. The molecule has 6 heteroatoms. The molecule has 0 saturated carbocycles. The van der Waals surface area contributed by atoms with Crippen molar-refractivity contribution in [2.45, 2.75) is 6.54 Å². The molecule has 0 spiro atoms. The standard InChI is InChI=1S/C25H27N3O3/c1-30-21-11-7-19(8-12-21)25(29)22-3-2-4-23(26)24(22)27-17-18-5-9-20(10-6-18)28-13-15-31-16-14-28/h2-12,27H,13-17,26H2,1H3. The van der Waals surface area contributed by atoms with Crippen LogP contribution in [0.4, 0.5) is 17.1 Å². The highest BCUT2D eigenvalue weighted by Crippen LogP contribution is 2.27. The third-order valence-electron chi connectivity index (χ3n) is 5.48. The number of morpholine rings is 1. The van der Waals surface area contributed by atoms with Gasteiger partial charge >= 0.3 is 0 Å². The van der Waals surface area contributed by atoms with E-state index in [-0.39, 0.29) is 5.78 Å². The smallest absolute Gasteiger partial charge is 0.195 e. The van der Waals surface area contributed by atoms with E-state index < -0.39 is 0 Å². The molecule has 1 aliphatic rings. The van der Waals surface area contributed by atoms with Gasteiger partial charge in [-0.2, -0.15) is 0 Å². The number of nitrogens with one attached hydrogen (secondary N) is 1. The molecule has 0 aliphatic carbocycles. The minimum atomic E-state index is -0.0832. The Balaban J connectivity index is 1.49. The average Bonchev–Trinajstić information content (AvgIpc) is 2.83. The molecular formula is C25H27N3O3. The van der Waals surface area contributed by atoms with Crippen LogP contribution in [0.1, 0.15) is 21.5 Å². The minimum absolute atomic E-state index is 0.0832. The summed E-state index contributed by atoms with van der Waals surface area (Å²) in [4.78, 5) is 15.4. The summed E-state index contributed by atoms with van der Waals surface area (Å²) in [5, 5.41) is 3.37. The van der Waals surface area contributed by atoms with Crippen LogP contribution in [0.3, 0.4) is 0 Å². The molecular weight excluding hydrogens is 390 g/mol. The lowest BCUT2D eigenvalue weighted by molar-refractivity contribution is 0.103. The summed E-state index contributed by atoms with van der Waals surface area (Å²) in [7, 11) is 1.60. The normalized spacial score (nSPS) is 13.6. The number of hydrogen-bond donors (Lipinski definition) is 2. The zero-order valence-corrected chi connectivity index (χ0v) is 17.6. The molecule has 31 heavy (non-hydrogen) atoms. The fourth-order valence-electron chi connectivity index (χ4n) is 3.69. The Labute approximate surface area is 182 Å². The van der Waals surface area contributed by atoms with Gasteiger partial charge in [0.1, 0.15) is 5.75 Å². The minimum Gasteiger partial charge on any atom is -0.497 e. The summed E-state index contributed by atoms with van der Waals surface area (Å²) in [5.41, 5.74) is 10.9. The van der Waals surface area contributed by atoms with E-state index in [2.05, 4.69) is 34.5 Å². The Hall–Kier alpha value is -3.51. The Kier molecular flexibility index (Phi) is 6.38. The van der Waals surface area contributed by atoms with Gasteiger partial charge in [-0.15, -0.1) is 0 Å². The molecule has 4 rings (SSSR count). The fraction of sp³-hybridized carbons (Fsp3) is 0.240. The Bertz CT molecular complexity index is 1030. The van der Waals surface area contributed by atoms with Crippen molar-refractivity contribution in [2.75, 3.05) is 49.4 Å². The highest BCUT2D eigenvalue weighted by molar-refractivity contribution is 6.13. The van der Waals surface area contributed by atoms with Crippen LogP contribution in [-0.4, -0.2) is 39.2 Å². The molecule has 0 aromatic heterocycles. The predicted octanol–water partition coefficient (Wildman–Crippen LogP) is 3.96. The summed E-state index contributed by atoms with van der Waals surface area (Å²) in [5.74, 6) is 0.628. The molecule has 0 radical (unpaired) electrons. The average molecular weight is 418 g/mol. The molecule has 1 aliphatic heterocycles. The molecule has 0 unspecified atom stereocenters. The topological polar surface area (TPSA) is 76.8 Å². The number of carbonyl (C=O) groups excluding carboxylic acids is 1. The predicted molar refractivity (Wildman–Crippen MR) is 124 cm³/mol. The molecule has 0 amide bonds. The molecule has 0 atom stereocenters. The molecule has 1 fully saturated rings. The van der Waals surface area contributed by atoms with Crippen molar-refractivity contribution >= 4 is 22.8 Å². The maximum absolute atomic E-state index is 13.1. The van der Waals surface area contributed by atoms with Crippen molar-refractivity contribution in [2.24, 2.45) is 0 Å². The highest BCUT2D eigenvalue weighted by atomic mass is 16.5. The van der Waals surface area contributed by atoms with Crippen molar-refractivity contribution in [3.63, 3.8) is 0 Å². The zero-order valence-electron chi connectivity index (χ0n) is 17.6. The number of ketones is 1. The third-order valence-corrected chi connectivity index (χ3v) is 5.48. The van der Waals surface area contributed by atoms with Crippen molar-refractivity contribution in [3.8, 4) is 5.75 Å². The molecule has 0 bridgehead atoms. The zero-order chi connectivity index (χ0) is 21.6. The number of carbonyl (C=O) groups is 1. The second kappa shape index (κ2) is 9.53. The van der Waals surface area contributed by atoms with Gasteiger partial charge in [-0.25, -0.2) is 0 Å². The number of hydrogen-bond acceptors (Lipinski definition) is 6. The van der Waals surface area contributed by atoms with Crippen molar-refractivity contribution in [3.05, 3.63) is 83.4 Å². The van der Waals surface area contributed by atoms with Crippen LogP contribution in [0.2, 0.25) is 0 Å². The lowest BCUT2D eigenvalue weighted by Crippen LogP contribution is -2.36. The number of nitrogen functional groups attached to an aromatic ring is 1. The molecule has 3 N–H and O–H groups in total. The number of nitrogens with zero attached hydrogens (tertiary/aromatic N) is 1. The molecule has 6 nitrogen and oxygen atoms in total. The van der Waals surface area contributed by atoms with Gasteiger partial charge in [0, 0.05) is 36.4 Å². The van der Waals surface area contributed by atoms with E-state index in [0.717, 1.165) is 31.9 Å². The van der Waals surface area contributed by atoms with Crippen LogP contribution in [-0.2, 0) is 11.3 Å². The van der Waals surface area contributed by atoms with Gasteiger partial charge in [0.05, 0.1) is 31.7 Å². The van der Waals surface area contributed by atoms with Crippen LogP contribution in [0, 0.1) is 0 Å². The van der Waals surface area contributed by atoms with Gasteiger partial charge < -0.3 is 25.4 Å². The number of anilines is 3. The summed E-state index contributed by atoms with van der Waals surface area (Å²) in [6.07, 6.45) is 0. The van der Waals surface area contributed by atoms with Crippen LogP contribution < -0.4 is 20.7 Å². The maximum Gasteiger partial charge on any atom is 0.195 e. The number of nitrogens with two attached hydrogens (primary N) is 1. The Morgan fingerprint density at radius 3 is 2.42 bits per heavy atom. The number of methoxy groups -OCH3 is 1. The number of rotatable bonds is 7. The van der Waals surface area contributed by atoms with E-state index >= 15 is 0 Å². The summed E-state index contributed by atoms with van der Waals surface area (Å²) >= 11 is 0. The van der Waals surface area contributed by atoms with Crippen LogP contribution in [0.25, 0.3) is 0 Å². The molecule has 1 heterocycles. The van der Waals surface area contributed by atoms with E-state index in [1.807, 2.05) is 0 Å². The monoisotopic (exact) mass is 417 g/mol. The van der Waals surface area contributed by atoms with E-state index in [0.29, 0.717) is 34.8 Å². The van der Waals surface area contributed by atoms with Gasteiger partial charge in [-0.3, -0.25) is 4.79 Å². The van der Waals surface area contributed by atoms with Gasteiger partial charge in [-0.1, -0.05) is 18.2 Å². The largest absolute Gasteiger partial charge is 0.497 e.